The van der Waals surface area contributed by atoms with Crippen molar-refractivity contribution in [2.24, 2.45) is 0 Å². The molecule has 2 rings (SSSR count). The summed E-state index contributed by atoms with van der Waals surface area (Å²) < 4.78 is 0. The summed E-state index contributed by atoms with van der Waals surface area (Å²) in [6, 6.07) is 11.4. The lowest BCUT2D eigenvalue weighted by Gasteiger charge is -2.06. The number of nitro benzene ring substituents is 1. The molecule has 0 spiro atoms. The van der Waals surface area contributed by atoms with Gasteiger partial charge < -0.3 is 5.73 Å². The second-order valence-electron chi connectivity index (χ2n) is 5.07. The van der Waals surface area contributed by atoms with E-state index in [9.17, 15) is 10.1 Å². The van der Waals surface area contributed by atoms with E-state index in [1.807, 2.05) is 31.2 Å². The second kappa shape index (κ2) is 5.74. The van der Waals surface area contributed by atoms with Crippen LogP contribution in [0.1, 0.15) is 22.3 Å². The Hall–Kier alpha value is -2.36. The highest BCUT2D eigenvalue weighted by atomic mass is 16.6. The van der Waals surface area contributed by atoms with E-state index in [0.717, 1.165) is 35.2 Å². The van der Waals surface area contributed by atoms with Crippen LogP contribution in [0.15, 0.2) is 36.4 Å². The minimum Gasteiger partial charge on any atom is -0.399 e. The zero-order valence-corrected chi connectivity index (χ0v) is 11.7. The largest absolute Gasteiger partial charge is 0.399 e. The van der Waals surface area contributed by atoms with Gasteiger partial charge in [-0.15, -0.1) is 0 Å². The monoisotopic (exact) mass is 270 g/mol. The van der Waals surface area contributed by atoms with E-state index in [1.165, 1.54) is 0 Å². The van der Waals surface area contributed by atoms with E-state index in [4.69, 9.17) is 5.73 Å². The minimum atomic E-state index is -0.331. The predicted octanol–water partition coefficient (Wildman–Crippen LogP) is 3.58. The molecule has 2 N–H and O–H groups in total. The van der Waals surface area contributed by atoms with Gasteiger partial charge in [-0.25, -0.2) is 0 Å². The van der Waals surface area contributed by atoms with E-state index >= 15 is 0 Å². The lowest BCUT2D eigenvalue weighted by molar-refractivity contribution is -0.385. The van der Waals surface area contributed by atoms with E-state index in [1.54, 1.807) is 19.1 Å². The molecule has 2 aromatic carbocycles. The summed E-state index contributed by atoms with van der Waals surface area (Å²) in [5, 5.41) is 10.9. The van der Waals surface area contributed by atoms with E-state index in [2.05, 4.69) is 0 Å². The summed E-state index contributed by atoms with van der Waals surface area (Å²) in [5.74, 6) is 0. The fourth-order valence-electron chi connectivity index (χ4n) is 2.14. The third-order valence-corrected chi connectivity index (χ3v) is 3.52. The van der Waals surface area contributed by atoms with E-state index < -0.39 is 0 Å². The standard InChI is InChI=1S/C16H18N2O2/c1-11-3-5-13(9-15(11)17)7-8-14-6-4-12(2)16(10-14)18(19)20/h3-6,9-10H,7-8,17H2,1-2H3. The smallest absolute Gasteiger partial charge is 0.272 e. The molecule has 20 heavy (non-hydrogen) atoms. The molecule has 2 aromatic rings. The maximum absolute atomic E-state index is 10.9. The molecule has 0 saturated heterocycles. The van der Waals surface area contributed by atoms with Crippen LogP contribution in [0.3, 0.4) is 0 Å². The third kappa shape index (κ3) is 3.15. The number of hydrogen-bond donors (Lipinski definition) is 1. The summed E-state index contributed by atoms with van der Waals surface area (Å²) >= 11 is 0. The van der Waals surface area contributed by atoms with Gasteiger partial charge in [-0.1, -0.05) is 24.3 Å². The Balaban J connectivity index is 2.12. The molecule has 0 amide bonds. The maximum Gasteiger partial charge on any atom is 0.272 e. The lowest BCUT2D eigenvalue weighted by atomic mass is 10.0. The number of hydrogen-bond acceptors (Lipinski definition) is 3. The summed E-state index contributed by atoms with van der Waals surface area (Å²) in [6.45, 7) is 3.73. The SMILES string of the molecule is Cc1ccc(CCc2ccc(C)c([N+](=O)[O-])c2)cc1N. The highest BCUT2D eigenvalue weighted by molar-refractivity contribution is 5.48. The number of nitrogen functional groups attached to an aromatic ring is 1. The van der Waals surface area contributed by atoms with E-state index in [-0.39, 0.29) is 10.6 Å². The number of nitro groups is 1. The fourth-order valence-corrected chi connectivity index (χ4v) is 2.14. The van der Waals surface area contributed by atoms with Crippen molar-refractivity contribution in [3.8, 4) is 0 Å². The summed E-state index contributed by atoms with van der Waals surface area (Å²) in [6.07, 6.45) is 1.59. The molecule has 0 aromatic heterocycles. The van der Waals surface area contributed by atoms with Crippen molar-refractivity contribution in [3.63, 3.8) is 0 Å². The molecular weight excluding hydrogens is 252 g/mol. The van der Waals surface area contributed by atoms with Gasteiger partial charge in [0.05, 0.1) is 4.92 Å². The topological polar surface area (TPSA) is 69.2 Å². The van der Waals surface area contributed by atoms with Crippen LogP contribution in [0, 0.1) is 24.0 Å². The Morgan fingerprint density at radius 3 is 2.10 bits per heavy atom. The van der Waals surface area contributed by atoms with Crippen molar-refractivity contribution in [1.29, 1.82) is 0 Å². The molecule has 0 fully saturated rings. The van der Waals surface area contributed by atoms with Gasteiger partial charge >= 0.3 is 0 Å². The summed E-state index contributed by atoms with van der Waals surface area (Å²) in [5.41, 5.74) is 10.7. The fraction of sp³-hybridized carbons (Fsp3) is 0.250. The summed E-state index contributed by atoms with van der Waals surface area (Å²) in [7, 11) is 0. The van der Waals surface area contributed by atoms with Gasteiger partial charge in [-0.3, -0.25) is 10.1 Å². The van der Waals surface area contributed by atoms with Gasteiger partial charge in [-0.05, 0) is 49.4 Å². The number of anilines is 1. The summed E-state index contributed by atoms with van der Waals surface area (Å²) in [4.78, 5) is 10.6. The van der Waals surface area contributed by atoms with Crippen LogP contribution in [-0.4, -0.2) is 4.92 Å². The molecule has 0 aliphatic heterocycles. The molecule has 0 aliphatic rings. The number of benzene rings is 2. The number of nitrogens with zero attached hydrogens (tertiary/aromatic N) is 1. The third-order valence-electron chi connectivity index (χ3n) is 3.52. The molecular formula is C16H18N2O2. The first kappa shape index (κ1) is 14.1. The first-order valence-electron chi connectivity index (χ1n) is 6.56. The zero-order chi connectivity index (χ0) is 14.7. The molecule has 0 heterocycles. The number of aryl methyl sites for hydroxylation is 4. The van der Waals surface area contributed by atoms with Crippen LogP contribution in [0.25, 0.3) is 0 Å². The first-order valence-corrected chi connectivity index (χ1v) is 6.56. The quantitative estimate of drug-likeness (QED) is 0.524. The molecule has 0 aliphatic carbocycles. The van der Waals surface area contributed by atoms with Crippen molar-refractivity contribution < 1.29 is 4.92 Å². The van der Waals surface area contributed by atoms with E-state index in [0.29, 0.717) is 5.56 Å². The van der Waals surface area contributed by atoms with Crippen molar-refractivity contribution in [2.75, 3.05) is 5.73 Å². The van der Waals surface area contributed by atoms with Crippen LogP contribution in [0.5, 0.6) is 0 Å². The van der Waals surface area contributed by atoms with Gasteiger partial charge in [0.1, 0.15) is 0 Å². The minimum absolute atomic E-state index is 0.186. The normalized spacial score (nSPS) is 10.5. The van der Waals surface area contributed by atoms with Crippen LogP contribution in [0.2, 0.25) is 0 Å². The van der Waals surface area contributed by atoms with Gasteiger partial charge in [0.2, 0.25) is 0 Å². The molecule has 104 valence electrons. The molecule has 0 radical (unpaired) electrons. The van der Waals surface area contributed by atoms with Crippen LogP contribution >= 0.6 is 0 Å². The highest BCUT2D eigenvalue weighted by Gasteiger charge is 2.10. The van der Waals surface area contributed by atoms with Gasteiger partial charge in [0, 0.05) is 17.3 Å². The number of nitrogens with two attached hydrogens (primary N) is 1. The van der Waals surface area contributed by atoms with Crippen molar-refractivity contribution in [1.82, 2.24) is 0 Å². The molecule has 4 heteroatoms. The van der Waals surface area contributed by atoms with Crippen LogP contribution in [-0.2, 0) is 12.8 Å². The van der Waals surface area contributed by atoms with Gasteiger partial charge in [-0.2, -0.15) is 0 Å². The first-order chi connectivity index (χ1) is 9.47. The van der Waals surface area contributed by atoms with Crippen molar-refractivity contribution in [2.45, 2.75) is 26.7 Å². The van der Waals surface area contributed by atoms with Crippen molar-refractivity contribution in [3.05, 3.63) is 68.8 Å². The molecule has 0 bridgehead atoms. The Labute approximate surface area is 118 Å². The number of rotatable bonds is 4. The Morgan fingerprint density at radius 2 is 1.55 bits per heavy atom. The Kier molecular flexibility index (Phi) is 4.03. The van der Waals surface area contributed by atoms with Gasteiger partial charge in [0.15, 0.2) is 0 Å². The van der Waals surface area contributed by atoms with Gasteiger partial charge in [0.25, 0.3) is 5.69 Å². The van der Waals surface area contributed by atoms with Crippen LogP contribution < -0.4 is 5.73 Å². The van der Waals surface area contributed by atoms with Crippen molar-refractivity contribution >= 4 is 11.4 Å². The highest BCUT2D eigenvalue weighted by Crippen LogP contribution is 2.21. The second-order valence-corrected chi connectivity index (χ2v) is 5.07. The molecule has 0 atom stereocenters. The predicted molar refractivity (Wildman–Crippen MR) is 80.8 cm³/mol. The maximum atomic E-state index is 10.9. The molecule has 4 nitrogen and oxygen atoms in total. The average molecular weight is 270 g/mol. The average Bonchev–Trinajstić information content (AvgIpc) is 2.41. The Bertz CT molecular complexity index is 651. The van der Waals surface area contributed by atoms with Crippen LogP contribution in [0.4, 0.5) is 11.4 Å². The Morgan fingerprint density at radius 1 is 1.00 bits per heavy atom. The molecule has 0 saturated carbocycles. The zero-order valence-electron chi connectivity index (χ0n) is 11.7. The lowest BCUT2D eigenvalue weighted by Crippen LogP contribution is -1.97. The molecule has 0 unspecified atom stereocenters.